The molecule has 1 aromatic carbocycles. The normalized spacial score (nSPS) is 11.6. The van der Waals surface area contributed by atoms with Crippen molar-refractivity contribution in [3.05, 3.63) is 42.2 Å². The number of halogens is 4. The van der Waals surface area contributed by atoms with Crippen LogP contribution in [0.3, 0.4) is 0 Å². The first-order valence-corrected chi connectivity index (χ1v) is 8.00. The number of fused-ring (bicyclic) bond motifs is 1. The minimum Gasteiger partial charge on any atom is -0.379 e. The van der Waals surface area contributed by atoms with Crippen molar-refractivity contribution in [2.24, 2.45) is 0 Å². The van der Waals surface area contributed by atoms with Gasteiger partial charge in [0.2, 0.25) is 0 Å². The highest BCUT2D eigenvalue weighted by atomic mass is 35.5. The Morgan fingerprint density at radius 1 is 1.11 bits per heavy atom. The van der Waals surface area contributed by atoms with Crippen LogP contribution in [0.2, 0.25) is 0 Å². The van der Waals surface area contributed by atoms with E-state index in [1.54, 1.807) is 12.4 Å². The van der Waals surface area contributed by atoms with E-state index in [2.05, 4.69) is 24.9 Å². The van der Waals surface area contributed by atoms with E-state index in [0.29, 0.717) is 40.2 Å². The zero-order valence-electron chi connectivity index (χ0n) is 14.4. The number of rotatable bonds is 3. The van der Waals surface area contributed by atoms with Gasteiger partial charge in [-0.3, -0.25) is 4.98 Å². The van der Waals surface area contributed by atoms with Crippen molar-refractivity contribution >= 4 is 29.3 Å². The van der Waals surface area contributed by atoms with Gasteiger partial charge >= 0.3 is 6.18 Å². The number of anilines is 1. The monoisotopic (exact) mass is 410 g/mol. The van der Waals surface area contributed by atoms with E-state index in [1.165, 1.54) is 12.1 Å². The van der Waals surface area contributed by atoms with E-state index in [1.807, 2.05) is 11.5 Å². The number of aromatic nitrogens is 5. The van der Waals surface area contributed by atoms with Gasteiger partial charge in [0.1, 0.15) is 5.52 Å². The highest BCUT2D eigenvalue weighted by molar-refractivity contribution is 5.93. The van der Waals surface area contributed by atoms with Crippen molar-refractivity contribution in [3.63, 3.8) is 0 Å². The van der Waals surface area contributed by atoms with Crippen LogP contribution in [0.25, 0.3) is 33.7 Å². The first kappa shape index (κ1) is 19.6. The minimum atomic E-state index is -4.39. The summed E-state index contributed by atoms with van der Waals surface area (Å²) >= 11 is 0. The van der Waals surface area contributed by atoms with Crippen LogP contribution in [0.4, 0.5) is 19.0 Å². The summed E-state index contributed by atoms with van der Waals surface area (Å²) in [5.74, 6) is 0.552. The van der Waals surface area contributed by atoms with Crippen molar-refractivity contribution in [2.75, 3.05) is 5.73 Å². The molecule has 7 nitrogen and oxygen atoms in total. The van der Waals surface area contributed by atoms with E-state index in [4.69, 9.17) is 5.73 Å². The molecular weight excluding hydrogens is 397 g/mol. The van der Waals surface area contributed by atoms with E-state index in [0.717, 1.165) is 12.1 Å². The molecule has 4 rings (SSSR count). The van der Waals surface area contributed by atoms with Gasteiger partial charge in [-0.15, -0.1) is 12.4 Å². The van der Waals surface area contributed by atoms with Gasteiger partial charge in [-0.25, -0.2) is 9.61 Å². The summed E-state index contributed by atoms with van der Waals surface area (Å²) < 4.78 is 45.0. The third kappa shape index (κ3) is 3.15. The third-order valence-corrected chi connectivity index (χ3v) is 4.22. The molecule has 3 heterocycles. The summed E-state index contributed by atoms with van der Waals surface area (Å²) in [7, 11) is 0. The molecule has 0 radical (unpaired) electrons. The molecule has 0 bridgehead atoms. The molecule has 28 heavy (non-hydrogen) atoms. The summed E-state index contributed by atoms with van der Waals surface area (Å²) in [6.45, 7) is 2.43. The maximum atomic E-state index is 12.8. The number of pyridine rings is 1. The number of hydrogen-bond acceptors (Lipinski definition) is 6. The van der Waals surface area contributed by atoms with E-state index in [9.17, 15) is 13.2 Å². The second-order valence-electron chi connectivity index (χ2n) is 5.81. The highest BCUT2D eigenvalue weighted by Gasteiger charge is 2.30. The summed E-state index contributed by atoms with van der Waals surface area (Å²) in [5, 5.41) is 7.36. The number of nitrogens with zero attached hydrogens (tertiary/aromatic N) is 5. The van der Waals surface area contributed by atoms with Gasteiger partial charge in [-0.1, -0.05) is 12.1 Å². The Bertz CT molecular complexity index is 1120. The fourth-order valence-corrected chi connectivity index (χ4v) is 2.98. The zero-order valence-corrected chi connectivity index (χ0v) is 15.3. The second kappa shape index (κ2) is 7.12. The standard InChI is InChI=1S/C17H13F3N6O.ClH/c1-2-26-14-11(9-3-5-10(6-4-9)17(18,19)20)7-22-8-12(14)23-16(26)13-15(21)25-27-24-13;/h3-8H,2H2,1H3,(H2,21,25);1H. The Labute approximate surface area is 162 Å². The number of alkyl halides is 3. The fourth-order valence-electron chi connectivity index (χ4n) is 2.98. The first-order chi connectivity index (χ1) is 12.9. The van der Waals surface area contributed by atoms with Crippen LogP contribution >= 0.6 is 12.4 Å². The lowest BCUT2D eigenvalue weighted by Gasteiger charge is -2.10. The lowest BCUT2D eigenvalue weighted by molar-refractivity contribution is -0.137. The lowest BCUT2D eigenvalue weighted by Crippen LogP contribution is -2.04. The van der Waals surface area contributed by atoms with Crippen LogP contribution < -0.4 is 5.73 Å². The smallest absolute Gasteiger partial charge is 0.379 e. The minimum absolute atomic E-state index is 0. The van der Waals surface area contributed by atoms with Crippen molar-refractivity contribution in [1.82, 2.24) is 24.8 Å². The van der Waals surface area contributed by atoms with Gasteiger partial charge in [0.15, 0.2) is 17.3 Å². The van der Waals surface area contributed by atoms with E-state index in [-0.39, 0.29) is 18.2 Å². The Kier molecular flexibility index (Phi) is 4.99. The van der Waals surface area contributed by atoms with Gasteiger partial charge in [0.25, 0.3) is 0 Å². The predicted octanol–water partition coefficient (Wildman–Crippen LogP) is 4.19. The number of hydrogen-bond donors (Lipinski definition) is 1. The Balaban J connectivity index is 0.00000225. The Morgan fingerprint density at radius 3 is 2.39 bits per heavy atom. The van der Waals surface area contributed by atoms with E-state index >= 15 is 0 Å². The van der Waals surface area contributed by atoms with Crippen LogP contribution in [-0.4, -0.2) is 24.8 Å². The van der Waals surface area contributed by atoms with Crippen LogP contribution in [0, 0.1) is 0 Å². The molecule has 0 amide bonds. The molecule has 0 atom stereocenters. The van der Waals surface area contributed by atoms with Crippen molar-refractivity contribution in [1.29, 1.82) is 0 Å². The predicted molar refractivity (Wildman–Crippen MR) is 98.6 cm³/mol. The van der Waals surface area contributed by atoms with Crippen molar-refractivity contribution < 1.29 is 17.8 Å². The van der Waals surface area contributed by atoms with Gasteiger partial charge in [0.05, 0.1) is 17.3 Å². The SMILES string of the molecule is CCn1c(-c2nonc2N)nc2cncc(-c3ccc(C(F)(F)F)cc3)c21.Cl. The average molecular weight is 411 g/mol. The highest BCUT2D eigenvalue weighted by Crippen LogP contribution is 2.35. The van der Waals surface area contributed by atoms with Crippen LogP contribution in [-0.2, 0) is 12.7 Å². The number of aryl methyl sites for hydroxylation is 1. The largest absolute Gasteiger partial charge is 0.416 e. The molecule has 3 aromatic heterocycles. The molecule has 0 spiro atoms. The molecule has 11 heteroatoms. The maximum absolute atomic E-state index is 12.8. The summed E-state index contributed by atoms with van der Waals surface area (Å²) in [4.78, 5) is 8.67. The summed E-state index contributed by atoms with van der Waals surface area (Å²) in [5.41, 5.74) is 7.88. The van der Waals surface area contributed by atoms with Gasteiger partial charge < -0.3 is 10.3 Å². The van der Waals surface area contributed by atoms with E-state index < -0.39 is 11.7 Å². The molecule has 0 aliphatic carbocycles. The fraction of sp³-hybridized carbons (Fsp3) is 0.176. The second-order valence-corrected chi connectivity index (χ2v) is 5.81. The topological polar surface area (TPSA) is 95.7 Å². The number of nitrogen functional groups attached to an aromatic ring is 1. The molecule has 2 N–H and O–H groups in total. The average Bonchev–Trinajstić information content (AvgIpc) is 3.23. The molecule has 0 aliphatic heterocycles. The van der Waals surface area contributed by atoms with Gasteiger partial charge in [0, 0.05) is 18.3 Å². The molecule has 0 fully saturated rings. The molecule has 0 saturated heterocycles. The zero-order chi connectivity index (χ0) is 19.2. The lowest BCUT2D eigenvalue weighted by atomic mass is 10.0. The molecular formula is C17H14ClF3N6O. The maximum Gasteiger partial charge on any atom is 0.416 e. The van der Waals surface area contributed by atoms with Crippen LogP contribution in [0.15, 0.2) is 41.3 Å². The van der Waals surface area contributed by atoms with Crippen molar-refractivity contribution in [3.8, 4) is 22.6 Å². The number of benzene rings is 1. The Morgan fingerprint density at radius 2 is 1.82 bits per heavy atom. The first-order valence-electron chi connectivity index (χ1n) is 8.00. The molecule has 0 aliphatic rings. The summed E-state index contributed by atoms with van der Waals surface area (Å²) in [6.07, 6.45) is -1.23. The third-order valence-electron chi connectivity index (χ3n) is 4.22. The quantitative estimate of drug-likeness (QED) is 0.544. The van der Waals surface area contributed by atoms with Gasteiger partial charge in [-0.05, 0) is 34.9 Å². The van der Waals surface area contributed by atoms with Crippen molar-refractivity contribution in [2.45, 2.75) is 19.6 Å². The number of nitrogens with two attached hydrogens (primary N) is 1. The Hall–Kier alpha value is -3.14. The van der Waals surface area contributed by atoms with Gasteiger partial charge in [-0.2, -0.15) is 13.2 Å². The molecule has 146 valence electrons. The molecule has 0 unspecified atom stereocenters. The molecule has 4 aromatic rings. The van der Waals surface area contributed by atoms with Crippen LogP contribution in [0.5, 0.6) is 0 Å². The van der Waals surface area contributed by atoms with Crippen LogP contribution in [0.1, 0.15) is 12.5 Å². The number of imidazole rings is 1. The summed E-state index contributed by atoms with van der Waals surface area (Å²) in [6, 6.07) is 4.92. The molecule has 0 saturated carbocycles.